The standard InChI is InChI=1S/C26H28N2O7S/c1-5-21(17-8-11-20(12-9-17)36(4,31)32)27-26(30)22(16-19-7-6-14-35-19)28-25(29)18-10-13-23(33-2)24(15-18)34-3/h6-16,21H,5H2,1-4H3,(H,27,30)(H,28,29)/b22-16-/t21-/m0/s1. The summed E-state index contributed by atoms with van der Waals surface area (Å²) in [6.45, 7) is 1.88. The summed E-state index contributed by atoms with van der Waals surface area (Å²) in [5.41, 5.74) is 0.951. The Kier molecular flexibility index (Phi) is 8.55. The van der Waals surface area contributed by atoms with Crippen LogP contribution < -0.4 is 20.1 Å². The van der Waals surface area contributed by atoms with Gasteiger partial charge in [-0.15, -0.1) is 0 Å². The highest BCUT2D eigenvalue weighted by atomic mass is 32.2. The molecule has 36 heavy (non-hydrogen) atoms. The van der Waals surface area contributed by atoms with Crippen molar-refractivity contribution in [2.45, 2.75) is 24.3 Å². The number of hydrogen-bond donors (Lipinski definition) is 2. The first-order chi connectivity index (χ1) is 17.2. The summed E-state index contributed by atoms with van der Waals surface area (Å²) in [5, 5.41) is 5.54. The van der Waals surface area contributed by atoms with Crippen LogP contribution in [0.5, 0.6) is 11.5 Å². The molecule has 0 fully saturated rings. The number of benzene rings is 2. The van der Waals surface area contributed by atoms with Crippen LogP contribution in [0.1, 0.15) is 41.1 Å². The monoisotopic (exact) mass is 512 g/mol. The number of furan rings is 1. The van der Waals surface area contributed by atoms with Crippen LogP contribution in [0.3, 0.4) is 0 Å². The van der Waals surface area contributed by atoms with E-state index in [0.717, 1.165) is 11.8 Å². The van der Waals surface area contributed by atoms with Gasteiger partial charge < -0.3 is 24.5 Å². The number of methoxy groups -OCH3 is 2. The topological polar surface area (TPSA) is 124 Å². The molecule has 0 saturated heterocycles. The summed E-state index contributed by atoms with van der Waals surface area (Å²) < 4.78 is 39.3. The van der Waals surface area contributed by atoms with Gasteiger partial charge in [0.1, 0.15) is 11.5 Å². The van der Waals surface area contributed by atoms with Gasteiger partial charge in [-0.25, -0.2) is 8.42 Å². The zero-order chi connectivity index (χ0) is 26.3. The normalized spacial score (nSPS) is 12.5. The Morgan fingerprint density at radius 3 is 2.28 bits per heavy atom. The fourth-order valence-corrected chi connectivity index (χ4v) is 4.08. The predicted octanol–water partition coefficient (Wildman–Crippen LogP) is 3.74. The Morgan fingerprint density at radius 1 is 1.03 bits per heavy atom. The Bertz CT molecular complexity index is 1350. The van der Waals surface area contributed by atoms with Crippen molar-refractivity contribution in [3.63, 3.8) is 0 Å². The number of sulfone groups is 1. The van der Waals surface area contributed by atoms with Gasteiger partial charge in [0, 0.05) is 17.9 Å². The minimum absolute atomic E-state index is 0.0315. The largest absolute Gasteiger partial charge is 0.493 e. The first-order valence-electron chi connectivity index (χ1n) is 11.1. The third-order valence-electron chi connectivity index (χ3n) is 5.39. The maximum atomic E-state index is 13.3. The molecule has 0 aliphatic carbocycles. The SMILES string of the molecule is CC[C@H](NC(=O)/C(=C/c1ccco1)NC(=O)c1ccc(OC)c(OC)c1)c1ccc(S(C)(=O)=O)cc1. The molecule has 0 spiro atoms. The van der Waals surface area contributed by atoms with Crippen LogP contribution in [0.4, 0.5) is 0 Å². The van der Waals surface area contributed by atoms with Gasteiger partial charge in [-0.2, -0.15) is 0 Å². The van der Waals surface area contributed by atoms with Crippen LogP contribution in [0.15, 0.2) is 75.9 Å². The average molecular weight is 513 g/mol. The number of amides is 2. The summed E-state index contributed by atoms with van der Waals surface area (Å²) in [6.07, 6.45) is 4.54. The molecule has 0 bridgehead atoms. The van der Waals surface area contributed by atoms with Crippen molar-refractivity contribution in [2.75, 3.05) is 20.5 Å². The molecule has 1 atom stereocenters. The molecule has 2 amide bonds. The minimum atomic E-state index is -3.34. The van der Waals surface area contributed by atoms with Crippen molar-refractivity contribution < 1.29 is 31.9 Å². The van der Waals surface area contributed by atoms with Crippen molar-refractivity contribution in [3.8, 4) is 11.5 Å². The highest BCUT2D eigenvalue weighted by Gasteiger charge is 2.20. The van der Waals surface area contributed by atoms with E-state index in [4.69, 9.17) is 13.9 Å². The van der Waals surface area contributed by atoms with Gasteiger partial charge in [0.25, 0.3) is 11.8 Å². The summed E-state index contributed by atoms with van der Waals surface area (Å²) >= 11 is 0. The van der Waals surface area contributed by atoms with Crippen LogP contribution in [-0.4, -0.2) is 40.7 Å². The van der Waals surface area contributed by atoms with E-state index >= 15 is 0 Å². The second-order valence-electron chi connectivity index (χ2n) is 7.87. The van der Waals surface area contributed by atoms with Gasteiger partial charge in [-0.3, -0.25) is 9.59 Å². The fraction of sp³-hybridized carbons (Fsp3) is 0.231. The quantitative estimate of drug-likeness (QED) is 0.397. The molecule has 10 heteroatoms. The zero-order valence-corrected chi connectivity index (χ0v) is 21.2. The molecule has 0 radical (unpaired) electrons. The van der Waals surface area contributed by atoms with E-state index in [2.05, 4.69) is 10.6 Å². The smallest absolute Gasteiger partial charge is 0.268 e. The summed E-state index contributed by atoms with van der Waals surface area (Å²) in [4.78, 5) is 26.4. The van der Waals surface area contributed by atoms with Gasteiger partial charge in [-0.05, 0) is 54.4 Å². The second kappa shape index (κ2) is 11.6. The summed E-state index contributed by atoms with van der Waals surface area (Å²) in [6, 6.07) is 13.8. The van der Waals surface area contributed by atoms with Crippen LogP contribution >= 0.6 is 0 Å². The molecule has 0 unspecified atom stereocenters. The molecule has 1 aromatic heterocycles. The van der Waals surface area contributed by atoms with Crippen LogP contribution in [0.2, 0.25) is 0 Å². The highest BCUT2D eigenvalue weighted by molar-refractivity contribution is 7.90. The van der Waals surface area contributed by atoms with Crippen molar-refractivity contribution >= 4 is 27.7 Å². The fourth-order valence-electron chi connectivity index (χ4n) is 3.45. The van der Waals surface area contributed by atoms with Gasteiger partial charge >= 0.3 is 0 Å². The minimum Gasteiger partial charge on any atom is -0.493 e. The number of carbonyl (C=O) groups is 2. The maximum Gasteiger partial charge on any atom is 0.268 e. The van der Waals surface area contributed by atoms with Gasteiger partial charge in [0.15, 0.2) is 21.3 Å². The number of ether oxygens (including phenoxy) is 2. The van der Waals surface area contributed by atoms with Crippen LogP contribution in [-0.2, 0) is 14.6 Å². The van der Waals surface area contributed by atoms with E-state index in [1.54, 1.807) is 36.4 Å². The molecular formula is C26H28N2O7S. The van der Waals surface area contributed by atoms with Crippen molar-refractivity contribution in [1.82, 2.24) is 10.6 Å². The first kappa shape index (κ1) is 26.6. The average Bonchev–Trinajstić information content (AvgIpc) is 3.39. The molecule has 0 aliphatic heterocycles. The van der Waals surface area contributed by atoms with E-state index < -0.39 is 27.7 Å². The first-order valence-corrected chi connectivity index (χ1v) is 12.9. The predicted molar refractivity (Wildman–Crippen MR) is 134 cm³/mol. The highest BCUT2D eigenvalue weighted by Crippen LogP contribution is 2.27. The maximum absolute atomic E-state index is 13.3. The Labute approximate surface area is 210 Å². The van der Waals surface area contributed by atoms with E-state index in [1.807, 2.05) is 6.92 Å². The number of hydrogen-bond acceptors (Lipinski definition) is 7. The lowest BCUT2D eigenvalue weighted by Gasteiger charge is -2.19. The Morgan fingerprint density at radius 2 is 1.72 bits per heavy atom. The summed E-state index contributed by atoms with van der Waals surface area (Å²) in [7, 11) is -0.386. The van der Waals surface area contributed by atoms with E-state index in [1.165, 1.54) is 44.8 Å². The number of carbonyl (C=O) groups excluding carboxylic acids is 2. The molecule has 9 nitrogen and oxygen atoms in total. The lowest BCUT2D eigenvalue weighted by atomic mass is 10.0. The van der Waals surface area contributed by atoms with E-state index in [0.29, 0.717) is 23.7 Å². The number of rotatable bonds is 10. The van der Waals surface area contributed by atoms with Gasteiger partial charge in [0.2, 0.25) is 0 Å². The molecule has 0 saturated carbocycles. The van der Waals surface area contributed by atoms with Gasteiger partial charge in [0.05, 0.1) is 31.4 Å². The third kappa shape index (κ3) is 6.54. The van der Waals surface area contributed by atoms with Crippen molar-refractivity contribution in [1.29, 1.82) is 0 Å². The molecule has 3 rings (SSSR count). The second-order valence-corrected chi connectivity index (χ2v) is 9.89. The van der Waals surface area contributed by atoms with Crippen LogP contribution in [0.25, 0.3) is 6.08 Å². The van der Waals surface area contributed by atoms with E-state index in [-0.39, 0.29) is 16.2 Å². The van der Waals surface area contributed by atoms with Crippen molar-refractivity contribution in [2.24, 2.45) is 0 Å². The molecule has 2 aromatic carbocycles. The lowest BCUT2D eigenvalue weighted by Crippen LogP contribution is -2.36. The summed E-state index contributed by atoms with van der Waals surface area (Å²) in [5.74, 6) is 0.132. The molecule has 0 aliphatic rings. The zero-order valence-electron chi connectivity index (χ0n) is 20.4. The Hall–Kier alpha value is -4.05. The molecular weight excluding hydrogens is 484 g/mol. The molecule has 3 aromatic rings. The number of nitrogens with one attached hydrogen (secondary N) is 2. The lowest BCUT2D eigenvalue weighted by molar-refractivity contribution is -0.118. The van der Waals surface area contributed by atoms with Crippen molar-refractivity contribution in [3.05, 3.63) is 83.4 Å². The van der Waals surface area contributed by atoms with Gasteiger partial charge in [-0.1, -0.05) is 19.1 Å². The van der Waals surface area contributed by atoms with E-state index in [9.17, 15) is 18.0 Å². The Balaban J connectivity index is 1.85. The third-order valence-corrected chi connectivity index (χ3v) is 6.52. The molecule has 1 heterocycles. The van der Waals surface area contributed by atoms with Crippen LogP contribution in [0, 0.1) is 0 Å². The molecule has 190 valence electrons. The molecule has 2 N–H and O–H groups in total.